The number of amides is 2. The Balaban J connectivity index is 1.63. The predicted octanol–water partition coefficient (Wildman–Crippen LogP) is 2.46. The summed E-state index contributed by atoms with van der Waals surface area (Å²) in [6.07, 6.45) is 0.254. The van der Waals surface area contributed by atoms with Crippen LogP contribution in [0.2, 0.25) is 0 Å². The van der Waals surface area contributed by atoms with E-state index in [0.717, 1.165) is 11.6 Å². The summed E-state index contributed by atoms with van der Waals surface area (Å²) in [7, 11) is -4.90. The van der Waals surface area contributed by atoms with Crippen molar-refractivity contribution in [2.24, 2.45) is 5.92 Å². The molecule has 1 aliphatic heterocycles. The molecule has 1 fully saturated rings. The molecule has 2 aromatic rings. The van der Waals surface area contributed by atoms with Crippen LogP contribution < -0.4 is 5.32 Å². The molecule has 0 saturated carbocycles. The van der Waals surface area contributed by atoms with E-state index < -0.39 is 26.4 Å². The van der Waals surface area contributed by atoms with Gasteiger partial charge in [-0.3, -0.25) is 9.59 Å². The van der Waals surface area contributed by atoms with Gasteiger partial charge in [0.05, 0.1) is 10.5 Å². The molecule has 1 heterocycles. The molecule has 154 valence electrons. The Morgan fingerprint density at radius 2 is 1.76 bits per heavy atom. The van der Waals surface area contributed by atoms with Gasteiger partial charge >= 0.3 is 5.76 Å². The molecule has 29 heavy (non-hydrogen) atoms. The van der Waals surface area contributed by atoms with Crippen LogP contribution in [0, 0.1) is 5.92 Å². The summed E-state index contributed by atoms with van der Waals surface area (Å²) in [4.78, 5) is 25.6. The minimum Gasteiger partial charge on any atom is -0.352 e. The summed E-state index contributed by atoms with van der Waals surface area (Å²) < 4.78 is 49.3. The van der Waals surface area contributed by atoms with Crippen LogP contribution >= 0.6 is 0 Å². The van der Waals surface area contributed by atoms with Gasteiger partial charge in [-0.1, -0.05) is 42.5 Å². The Morgan fingerprint density at radius 1 is 1.10 bits per heavy atom. The summed E-state index contributed by atoms with van der Waals surface area (Å²) in [5.74, 6) is -4.56. The van der Waals surface area contributed by atoms with Gasteiger partial charge < -0.3 is 10.2 Å². The number of halogens is 2. The van der Waals surface area contributed by atoms with E-state index in [1.165, 1.54) is 18.2 Å². The minimum absolute atomic E-state index is 0.0335. The van der Waals surface area contributed by atoms with E-state index in [2.05, 4.69) is 5.32 Å². The number of carbonyl (C=O) groups excluding carboxylic acids is 2. The molecule has 1 unspecified atom stereocenters. The number of alkyl halides is 2. The highest BCUT2D eigenvalue weighted by Crippen LogP contribution is 2.23. The molecule has 2 amide bonds. The second-order valence-corrected chi connectivity index (χ2v) is 8.73. The van der Waals surface area contributed by atoms with Gasteiger partial charge in [-0.2, -0.15) is 8.78 Å². The number of rotatable bonds is 7. The van der Waals surface area contributed by atoms with Crippen LogP contribution in [0.25, 0.3) is 0 Å². The fourth-order valence-electron chi connectivity index (χ4n) is 3.28. The molecular formula is C20H20F2N2O4S. The average molecular weight is 422 g/mol. The molecule has 6 nitrogen and oxygen atoms in total. The zero-order valence-corrected chi connectivity index (χ0v) is 16.2. The molecule has 0 aromatic heterocycles. The van der Waals surface area contributed by atoms with Crippen molar-refractivity contribution in [1.29, 1.82) is 0 Å². The van der Waals surface area contributed by atoms with Crippen molar-refractivity contribution < 1.29 is 26.8 Å². The molecule has 0 bridgehead atoms. The molecule has 1 aliphatic rings. The Bertz CT molecular complexity index is 997. The topological polar surface area (TPSA) is 83.6 Å². The second kappa shape index (κ2) is 8.69. The maximum atomic E-state index is 12.9. The first-order chi connectivity index (χ1) is 13.8. The number of hydrogen-bond acceptors (Lipinski definition) is 4. The first kappa shape index (κ1) is 20.9. The zero-order chi connectivity index (χ0) is 21.0. The molecule has 0 spiro atoms. The highest BCUT2D eigenvalue weighted by atomic mass is 32.2. The average Bonchev–Trinajstić information content (AvgIpc) is 3.06. The number of likely N-dealkylation sites (tertiary alicyclic amines) is 1. The van der Waals surface area contributed by atoms with E-state index in [0.29, 0.717) is 13.1 Å². The van der Waals surface area contributed by atoms with Crippen LogP contribution in [0.4, 0.5) is 8.78 Å². The molecule has 1 atom stereocenters. The lowest BCUT2D eigenvalue weighted by atomic mass is 10.1. The maximum Gasteiger partial charge on any atom is 0.341 e. The van der Waals surface area contributed by atoms with E-state index in [1.807, 2.05) is 30.3 Å². The quantitative estimate of drug-likeness (QED) is 0.743. The Hall–Kier alpha value is -2.81. The van der Waals surface area contributed by atoms with Crippen LogP contribution in [0.3, 0.4) is 0 Å². The predicted molar refractivity (Wildman–Crippen MR) is 102 cm³/mol. The summed E-state index contributed by atoms with van der Waals surface area (Å²) in [5.41, 5.74) is 0.662. The third kappa shape index (κ3) is 4.79. The van der Waals surface area contributed by atoms with E-state index in [9.17, 15) is 26.8 Å². The van der Waals surface area contributed by atoms with Gasteiger partial charge in [-0.25, -0.2) is 8.42 Å². The highest BCUT2D eigenvalue weighted by Gasteiger charge is 2.32. The standard InChI is InChI=1S/C20H20F2N2O4S/c21-20(22)29(27,28)17-9-5-4-8-16(17)19(26)23-11-15-10-18(25)24(13-15)12-14-6-2-1-3-7-14/h1-9,15,20H,10-13H2,(H,23,26). The lowest BCUT2D eigenvalue weighted by Crippen LogP contribution is -2.32. The lowest BCUT2D eigenvalue weighted by Gasteiger charge is -2.17. The molecule has 0 radical (unpaired) electrons. The van der Waals surface area contributed by atoms with Gasteiger partial charge in [-0.05, 0) is 17.7 Å². The zero-order valence-electron chi connectivity index (χ0n) is 15.4. The lowest BCUT2D eigenvalue weighted by molar-refractivity contribution is -0.128. The Kier molecular flexibility index (Phi) is 6.26. The summed E-state index contributed by atoms with van der Waals surface area (Å²) >= 11 is 0. The summed E-state index contributed by atoms with van der Waals surface area (Å²) in [6, 6.07) is 14.4. The van der Waals surface area contributed by atoms with Crippen molar-refractivity contribution in [2.75, 3.05) is 13.1 Å². The third-order valence-electron chi connectivity index (χ3n) is 4.73. The maximum absolute atomic E-state index is 12.9. The molecule has 1 saturated heterocycles. The fraction of sp³-hybridized carbons (Fsp3) is 0.300. The summed E-state index contributed by atoms with van der Waals surface area (Å²) in [6.45, 7) is 1.06. The van der Waals surface area contributed by atoms with Gasteiger partial charge in [0.15, 0.2) is 0 Å². The van der Waals surface area contributed by atoms with Crippen LogP contribution in [0.1, 0.15) is 22.3 Å². The monoisotopic (exact) mass is 422 g/mol. The van der Waals surface area contributed by atoms with Crippen LogP contribution in [0.15, 0.2) is 59.5 Å². The molecule has 0 aliphatic carbocycles. The number of nitrogens with zero attached hydrogens (tertiary/aromatic N) is 1. The van der Waals surface area contributed by atoms with Gasteiger partial charge in [0.1, 0.15) is 0 Å². The van der Waals surface area contributed by atoms with Crippen LogP contribution in [-0.2, 0) is 21.2 Å². The SMILES string of the molecule is O=C(NCC1CC(=O)N(Cc2ccccc2)C1)c1ccccc1S(=O)(=O)C(F)F. The first-order valence-corrected chi connectivity index (χ1v) is 10.5. The molecule has 9 heteroatoms. The van der Waals surface area contributed by atoms with E-state index in [-0.39, 0.29) is 30.4 Å². The normalized spacial score (nSPS) is 17.0. The Labute approximate surface area is 167 Å². The number of carbonyl (C=O) groups is 2. The largest absolute Gasteiger partial charge is 0.352 e. The second-order valence-electron chi connectivity index (χ2n) is 6.84. The van der Waals surface area contributed by atoms with Gasteiger partial charge in [0.25, 0.3) is 5.91 Å². The van der Waals surface area contributed by atoms with Crippen LogP contribution in [0.5, 0.6) is 0 Å². The highest BCUT2D eigenvalue weighted by molar-refractivity contribution is 7.91. The van der Waals surface area contributed by atoms with Crippen molar-refractivity contribution in [1.82, 2.24) is 10.2 Å². The van der Waals surface area contributed by atoms with Gasteiger partial charge in [0, 0.05) is 32.0 Å². The van der Waals surface area contributed by atoms with Crippen molar-refractivity contribution in [3.8, 4) is 0 Å². The third-order valence-corrected chi connectivity index (χ3v) is 6.17. The van der Waals surface area contributed by atoms with Crippen molar-refractivity contribution in [3.05, 3.63) is 65.7 Å². The molecular weight excluding hydrogens is 402 g/mol. The fourth-order valence-corrected chi connectivity index (χ4v) is 4.21. The van der Waals surface area contributed by atoms with E-state index in [4.69, 9.17) is 0 Å². The molecule has 1 N–H and O–H groups in total. The number of hydrogen-bond donors (Lipinski definition) is 1. The number of sulfone groups is 1. The molecule has 3 rings (SSSR count). The number of benzene rings is 2. The van der Waals surface area contributed by atoms with E-state index in [1.54, 1.807) is 4.90 Å². The smallest absolute Gasteiger partial charge is 0.341 e. The van der Waals surface area contributed by atoms with Crippen molar-refractivity contribution in [2.45, 2.75) is 23.6 Å². The van der Waals surface area contributed by atoms with Crippen molar-refractivity contribution in [3.63, 3.8) is 0 Å². The van der Waals surface area contributed by atoms with Gasteiger partial charge in [0.2, 0.25) is 15.7 Å². The Morgan fingerprint density at radius 3 is 2.45 bits per heavy atom. The minimum atomic E-state index is -4.90. The van der Waals surface area contributed by atoms with Gasteiger partial charge in [-0.15, -0.1) is 0 Å². The van der Waals surface area contributed by atoms with Crippen LogP contribution in [-0.4, -0.2) is 44.0 Å². The van der Waals surface area contributed by atoms with E-state index >= 15 is 0 Å². The first-order valence-electron chi connectivity index (χ1n) is 9.00. The van der Waals surface area contributed by atoms with Crippen molar-refractivity contribution >= 4 is 21.7 Å². The molecule has 2 aromatic carbocycles. The summed E-state index contributed by atoms with van der Waals surface area (Å²) in [5, 5.41) is 2.57. The number of nitrogens with one attached hydrogen (secondary N) is 1.